The minimum absolute atomic E-state index is 0.121. The van der Waals surface area contributed by atoms with Crippen LogP contribution in [-0.4, -0.2) is 11.9 Å². The molecule has 0 radical (unpaired) electrons. The Bertz CT molecular complexity index is 398. The van der Waals surface area contributed by atoms with Crippen LogP contribution in [0.25, 0.3) is 0 Å². The molecule has 1 aromatic heterocycles. The Kier molecular flexibility index (Phi) is 4.75. The van der Waals surface area contributed by atoms with Crippen molar-refractivity contribution in [3.63, 3.8) is 0 Å². The first kappa shape index (κ1) is 13.7. The number of hydrogen-bond donors (Lipinski definition) is 1. The number of carbonyl (C=O) groups is 1. The Balaban J connectivity index is 1.98. The summed E-state index contributed by atoms with van der Waals surface area (Å²) in [5.41, 5.74) is 0. The van der Waals surface area contributed by atoms with E-state index < -0.39 is 5.38 Å². The molecule has 0 saturated heterocycles. The Morgan fingerprint density at radius 3 is 2.71 bits per heavy atom. The third-order valence-corrected chi connectivity index (χ3v) is 5.95. The largest absolute Gasteiger partial charge is 0.352 e. The van der Waals surface area contributed by atoms with Crippen molar-refractivity contribution in [2.24, 2.45) is 0 Å². The second-order valence-corrected chi connectivity index (χ2v) is 7.10. The van der Waals surface area contributed by atoms with E-state index in [1.165, 1.54) is 24.2 Å². The maximum absolute atomic E-state index is 11.9. The fraction of sp³-hybridized carbons (Fsp3) is 0.545. The highest BCUT2D eigenvalue weighted by Crippen LogP contribution is 2.37. The van der Waals surface area contributed by atoms with Gasteiger partial charge in [0.1, 0.15) is 9.71 Å². The SMILES string of the molecule is O=C(NC1CCCC1)C(Cl)c1cc(Br)c(Cl)s1. The van der Waals surface area contributed by atoms with Gasteiger partial charge in [0.2, 0.25) is 5.91 Å². The maximum Gasteiger partial charge on any atom is 0.243 e. The van der Waals surface area contributed by atoms with E-state index in [0.29, 0.717) is 10.4 Å². The van der Waals surface area contributed by atoms with Gasteiger partial charge >= 0.3 is 0 Å². The van der Waals surface area contributed by atoms with Crippen molar-refractivity contribution in [3.8, 4) is 0 Å². The summed E-state index contributed by atoms with van der Waals surface area (Å²) < 4.78 is 1.41. The predicted octanol–water partition coefficient (Wildman–Crippen LogP) is 4.50. The predicted molar refractivity (Wildman–Crippen MR) is 76.0 cm³/mol. The van der Waals surface area contributed by atoms with Crippen molar-refractivity contribution in [2.75, 3.05) is 0 Å². The van der Waals surface area contributed by atoms with Crippen LogP contribution in [0, 0.1) is 0 Å². The molecule has 1 fully saturated rings. The van der Waals surface area contributed by atoms with Crippen LogP contribution in [-0.2, 0) is 4.79 Å². The molecule has 0 bridgehead atoms. The molecule has 1 unspecified atom stereocenters. The first-order chi connectivity index (χ1) is 8.08. The molecular weight excluding hydrogens is 345 g/mol. The number of halogens is 3. The van der Waals surface area contributed by atoms with E-state index in [-0.39, 0.29) is 5.91 Å². The summed E-state index contributed by atoms with van der Waals surface area (Å²) in [7, 11) is 0. The van der Waals surface area contributed by atoms with E-state index in [1.807, 2.05) is 0 Å². The van der Waals surface area contributed by atoms with E-state index in [2.05, 4.69) is 21.2 Å². The Labute approximate surface area is 123 Å². The van der Waals surface area contributed by atoms with Gasteiger partial charge in [-0.05, 0) is 34.8 Å². The van der Waals surface area contributed by atoms with Crippen molar-refractivity contribution in [2.45, 2.75) is 37.1 Å². The summed E-state index contributed by atoms with van der Waals surface area (Å²) in [6.07, 6.45) is 4.50. The molecule has 1 N–H and O–H groups in total. The molecule has 17 heavy (non-hydrogen) atoms. The van der Waals surface area contributed by atoms with E-state index in [4.69, 9.17) is 23.2 Å². The molecule has 2 nitrogen and oxygen atoms in total. The molecule has 6 heteroatoms. The van der Waals surface area contributed by atoms with Gasteiger partial charge in [0.25, 0.3) is 0 Å². The zero-order valence-electron chi connectivity index (χ0n) is 9.01. The zero-order chi connectivity index (χ0) is 12.4. The Hall–Kier alpha value is 0.230. The molecule has 94 valence electrons. The van der Waals surface area contributed by atoms with Crippen molar-refractivity contribution in [1.29, 1.82) is 0 Å². The molecule has 0 spiro atoms. The number of amides is 1. The lowest BCUT2D eigenvalue weighted by Gasteiger charge is -2.14. The van der Waals surface area contributed by atoms with Gasteiger partial charge in [-0.2, -0.15) is 0 Å². The maximum atomic E-state index is 11.9. The average molecular weight is 357 g/mol. The summed E-state index contributed by atoms with van der Waals surface area (Å²) >= 11 is 16.7. The third kappa shape index (κ3) is 3.37. The fourth-order valence-electron chi connectivity index (χ4n) is 1.96. The van der Waals surface area contributed by atoms with Gasteiger partial charge < -0.3 is 5.32 Å². The van der Waals surface area contributed by atoms with Crippen LogP contribution < -0.4 is 5.32 Å². The standard InChI is InChI=1S/C11H12BrCl2NOS/c12-7-5-8(17-10(7)14)9(13)11(16)15-6-3-1-2-4-6/h5-6,9H,1-4H2,(H,15,16). The molecule has 0 aromatic carbocycles. The zero-order valence-corrected chi connectivity index (χ0v) is 12.9. The Morgan fingerprint density at radius 1 is 1.53 bits per heavy atom. The van der Waals surface area contributed by atoms with Gasteiger partial charge in [0.05, 0.1) is 0 Å². The molecule has 1 amide bonds. The van der Waals surface area contributed by atoms with E-state index >= 15 is 0 Å². The second kappa shape index (κ2) is 5.91. The molecule has 1 aromatic rings. The van der Waals surface area contributed by atoms with Crippen molar-refractivity contribution >= 4 is 56.4 Å². The van der Waals surface area contributed by atoms with Gasteiger partial charge in [-0.15, -0.1) is 22.9 Å². The minimum atomic E-state index is -0.649. The van der Waals surface area contributed by atoms with E-state index in [0.717, 1.165) is 22.2 Å². The van der Waals surface area contributed by atoms with Crippen molar-refractivity contribution in [1.82, 2.24) is 5.32 Å². The number of rotatable bonds is 3. The van der Waals surface area contributed by atoms with Crippen molar-refractivity contribution < 1.29 is 4.79 Å². The van der Waals surface area contributed by atoms with Gasteiger partial charge in [-0.25, -0.2) is 0 Å². The van der Waals surface area contributed by atoms with Crippen LogP contribution in [0.4, 0.5) is 0 Å². The summed E-state index contributed by atoms with van der Waals surface area (Å²) in [6.45, 7) is 0. The first-order valence-electron chi connectivity index (χ1n) is 5.47. The quantitative estimate of drug-likeness (QED) is 0.793. The van der Waals surface area contributed by atoms with E-state index in [1.54, 1.807) is 6.07 Å². The fourth-order valence-corrected chi connectivity index (χ4v) is 3.93. The topological polar surface area (TPSA) is 29.1 Å². The summed E-state index contributed by atoms with van der Waals surface area (Å²) in [5, 5.41) is 2.33. The molecule has 1 heterocycles. The number of thiophene rings is 1. The summed E-state index contributed by atoms with van der Waals surface area (Å²) in [4.78, 5) is 12.7. The molecule has 1 saturated carbocycles. The molecular formula is C11H12BrCl2NOS. The van der Waals surface area contributed by atoms with Crippen LogP contribution in [0.1, 0.15) is 35.9 Å². The first-order valence-corrected chi connectivity index (χ1v) is 7.89. The Morgan fingerprint density at radius 2 is 2.18 bits per heavy atom. The molecule has 1 atom stereocenters. The second-order valence-electron chi connectivity index (χ2n) is 4.12. The number of carbonyl (C=O) groups excluding carboxylic acids is 1. The van der Waals surface area contributed by atoms with Crippen LogP contribution in [0.3, 0.4) is 0 Å². The number of nitrogens with one attached hydrogen (secondary N) is 1. The van der Waals surface area contributed by atoms with Gasteiger partial charge in [-0.1, -0.05) is 24.4 Å². The highest BCUT2D eigenvalue weighted by molar-refractivity contribution is 9.10. The summed E-state index contributed by atoms with van der Waals surface area (Å²) in [5.74, 6) is -0.121. The lowest BCUT2D eigenvalue weighted by molar-refractivity contribution is -0.121. The highest BCUT2D eigenvalue weighted by atomic mass is 79.9. The lowest BCUT2D eigenvalue weighted by Crippen LogP contribution is -2.34. The molecule has 1 aliphatic carbocycles. The molecule has 1 aliphatic rings. The minimum Gasteiger partial charge on any atom is -0.352 e. The third-order valence-electron chi connectivity index (χ3n) is 2.85. The highest BCUT2D eigenvalue weighted by Gasteiger charge is 2.24. The van der Waals surface area contributed by atoms with Crippen molar-refractivity contribution in [3.05, 3.63) is 19.8 Å². The van der Waals surface area contributed by atoms with Gasteiger partial charge in [0, 0.05) is 15.4 Å². The monoisotopic (exact) mass is 355 g/mol. The van der Waals surface area contributed by atoms with Crippen LogP contribution in [0.2, 0.25) is 4.34 Å². The van der Waals surface area contributed by atoms with E-state index in [9.17, 15) is 4.79 Å². The smallest absolute Gasteiger partial charge is 0.243 e. The molecule has 2 rings (SSSR count). The average Bonchev–Trinajstić information content (AvgIpc) is 2.89. The van der Waals surface area contributed by atoms with Gasteiger partial charge in [-0.3, -0.25) is 4.79 Å². The van der Waals surface area contributed by atoms with Crippen LogP contribution in [0.5, 0.6) is 0 Å². The van der Waals surface area contributed by atoms with Crippen LogP contribution >= 0.6 is 50.5 Å². The van der Waals surface area contributed by atoms with Crippen LogP contribution in [0.15, 0.2) is 10.5 Å². The normalized spacial score (nSPS) is 18.3. The molecule has 0 aliphatic heterocycles. The lowest BCUT2D eigenvalue weighted by atomic mass is 10.2. The summed E-state index contributed by atoms with van der Waals surface area (Å²) in [6, 6.07) is 2.10. The number of alkyl halides is 1. The van der Waals surface area contributed by atoms with Gasteiger partial charge in [0.15, 0.2) is 0 Å². The number of hydrogen-bond acceptors (Lipinski definition) is 2.